The van der Waals surface area contributed by atoms with Crippen molar-refractivity contribution in [3.63, 3.8) is 0 Å². The Labute approximate surface area is 62.2 Å². The van der Waals surface area contributed by atoms with Gasteiger partial charge in [0, 0.05) is 19.5 Å². The van der Waals surface area contributed by atoms with Crippen LogP contribution >= 0.6 is 0 Å². The molecular formula is C8H15NO. The van der Waals surface area contributed by atoms with Gasteiger partial charge in [0.05, 0.1) is 0 Å². The highest BCUT2D eigenvalue weighted by molar-refractivity contribution is 5.75. The van der Waals surface area contributed by atoms with Crippen LogP contribution < -0.4 is 0 Å². The number of hydrogen-bond donors (Lipinski definition) is 0. The van der Waals surface area contributed by atoms with E-state index in [9.17, 15) is 4.79 Å². The number of nitrogens with zero attached hydrogens (tertiary/aromatic N) is 1. The van der Waals surface area contributed by atoms with Gasteiger partial charge in [-0.1, -0.05) is 6.92 Å². The average molecular weight is 141 g/mol. The first-order valence-corrected chi connectivity index (χ1v) is 4.01. The number of carbonyl (C=O) groups is 1. The van der Waals surface area contributed by atoms with Gasteiger partial charge in [-0.3, -0.25) is 4.79 Å². The Morgan fingerprint density at radius 3 is 2.50 bits per heavy atom. The van der Waals surface area contributed by atoms with Gasteiger partial charge in [-0.25, -0.2) is 0 Å². The lowest BCUT2D eigenvalue weighted by molar-refractivity contribution is -0.133. The summed E-state index contributed by atoms with van der Waals surface area (Å²) in [5, 5.41) is 0. The molecule has 0 bridgehead atoms. The van der Waals surface area contributed by atoms with Crippen LogP contribution in [-0.4, -0.2) is 23.9 Å². The molecule has 0 heterocycles. The lowest BCUT2D eigenvalue weighted by Crippen LogP contribution is -2.40. The Morgan fingerprint density at radius 2 is 2.20 bits per heavy atom. The summed E-state index contributed by atoms with van der Waals surface area (Å²) in [4.78, 5) is 13.0. The molecule has 1 rings (SSSR count). The lowest BCUT2D eigenvalue weighted by atomic mass is 9.92. The highest BCUT2D eigenvalue weighted by atomic mass is 16.2. The van der Waals surface area contributed by atoms with Crippen molar-refractivity contribution in [2.45, 2.75) is 38.6 Å². The molecule has 0 unspecified atom stereocenters. The zero-order valence-corrected chi connectivity index (χ0v) is 6.76. The highest BCUT2D eigenvalue weighted by Gasteiger charge is 2.24. The molecule has 0 aromatic heterocycles. The van der Waals surface area contributed by atoms with Crippen LogP contribution in [0.4, 0.5) is 0 Å². The van der Waals surface area contributed by atoms with Crippen LogP contribution in [0.2, 0.25) is 0 Å². The maximum Gasteiger partial charge on any atom is 0.222 e. The van der Waals surface area contributed by atoms with E-state index in [2.05, 4.69) is 0 Å². The van der Waals surface area contributed by atoms with Crippen molar-refractivity contribution >= 4 is 5.91 Å². The van der Waals surface area contributed by atoms with Gasteiger partial charge in [0.25, 0.3) is 0 Å². The molecule has 58 valence electrons. The number of amides is 1. The fourth-order valence-corrected chi connectivity index (χ4v) is 1.23. The molecular weight excluding hydrogens is 126 g/mol. The van der Waals surface area contributed by atoms with Gasteiger partial charge in [0.15, 0.2) is 0 Å². The molecule has 1 saturated carbocycles. The Morgan fingerprint density at radius 1 is 1.60 bits per heavy atom. The van der Waals surface area contributed by atoms with E-state index in [1.54, 1.807) is 0 Å². The summed E-state index contributed by atoms with van der Waals surface area (Å²) < 4.78 is 0. The maximum atomic E-state index is 11.1. The first-order valence-electron chi connectivity index (χ1n) is 4.01. The van der Waals surface area contributed by atoms with Crippen molar-refractivity contribution in [3.05, 3.63) is 0 Å². The van der Waals surface area contributed by atoms with Crippen molar-refractivity contribution in [3.8, 4) is 0 Å². The molecule has 10 heavy (non-hydrogen) atoms. The SMILES string of the molecule is CCC(=O)N(C)C1CCC1. The molecule has 2 nitrogen and oxygen atoms in total. The predicted octanol–water partition coefficient (Wildman–Crippen LogP) is 1.41. The predicted molar refractivity (Wildman–Crippen MR) is 40.7 cm³/mol. The van der Waals surface area contributed by atoms with Crippen LogP contribution in [0.15, 0.2) is 0 Å². The molecule has 0 atom stereocenters. The molecule has 1 amide bonds. The van der Waals surface area contributed by atoms with E-state index in [1.165, 1.54) is 19.3 Å². The Bertz CT molecular complexity index is 129. The van der Waals surface area contributed by atoms with Crippen LogP contribution in [-0.2, 0) is 4.79 Å². The first-order chi connectivity index (χ1) is 4.75. The molecule has 0 aliphatic heterocycles. The lowest BCUT2D eigenvalue weighted by Gasteiger charge is -2.34. The molecule has 1 aliphatic rings. The largest absolute Gasteiger partial charge is 0.343 e. The normalized spacial score (nSPS) is 18.2. The minimum absolute atomic E-state index is 0.282. The molecule has 0 radical (unpaired) electrons. The summed E-state index contributed by atoms with van der Waals surface area (Å²) in [5.41, 5.74) is 0. The van der Waals surface area contributed by atoms with Gasteiger partial charge in [0.2, 0.25) is 5.91 Å². The summed E-state index contributed by atoms with van der Waals surface area (Å²) >= 11 is 0. The van der Waals surface area contributed by atoms with Crippen molar-refractivity contribution in [2.24, 2.45) is 0 Å². The van der Waals surface area contributed by atoms with E-state index in [-0.39, 0.29) is 5.91 Å². The molecule has 2 heteroatoms. The van der Waals surface area contributed by atoms with E-state index in [0.717, 1.165) is 0 Å². The molecule has 0 N–H and O–H groups in total. The van der Waals surface area contributed by atoms with E-state index < -0.39 is 0 Å². The molecule has 0 aromatic carbocycles. The minimum Gasteiger partial charge on any atom is -0.343 e. The summed E-state index contributed by atoms with van der Waals surface area (Å²) in [6.07, 6.45) is 4.36. The van der Waals surface area contributed by atoms with Crippen LogP contribution in [0.5, 0.6) is 0 Å². The summed E-state index contributed by atoms with van der Waals surface area (Å²) in [6.45, 7) is 1.91. The summed E-state index contributed by atoms with van der Waals surface area (Å²) in [6, 6.07) is 0.562. The average Bonchev–Trinajstić information content (AvgIpc) is 1.82. The Kier molecular flexibility index (Phi) is 2.30. The van der Waals surface area contributed by atoms with Crippen molar-refractivity contribution < 1.29 is 4.79 Å². The second kappa shape index (κ2) is 3.04. The quantitative estimate of drug-likeness (QED) is 0.569. The van der Waals surface area contributed by atoms with Crippen LogP contribution in [0.25, 0.3) is 0 Å². The zero-order valence-electron chi connectivity index (χ0n) is 6.76. The van der Waals surface area contributed by atoms with Gasteiger partial charge >= 0.3 is 0 Å². The third-order valence-electron chi connectivity index (χ3n) is 2.32. The summed E-state index contributed by atoms with van der Waals surface area (Å²) in [5.74, 6) is 0.282. The molecule has 0 saturated heterocycles. The van der Waals surface area contributed by atoms with Crippen molar-refractivity contribution in [2.75, 3.05) is 7.05 Å². The molecule has 0 aromatic rings. The highest BCUT2D eigenvalue weighted by Crippen LogP contribution is 2.23. The topological polar surface area (TPSA) is 20.3 Å². The third kappa shape index (κ3) is 1.31. The van der Waals surface area contributed by atoms with E-state index >= 15 is 0 Å². The maximum absolute atomic E-state index is 11.1. The van der Waals surface area contributed by atoms with Gasteiger partial charge < -0.3 is 4.90 Å². The minimum atomic E-state index is 0.282. The van der Waals surface area contributed by atoms with Crippen LogP contribution in [0.3, 0.4) is 0 Å². The first kappa shape index (κ1) is 7.58. The molecule has 1 aliphatic carbocycles. The fraction of sp³-hybridized carbons (Fsp3) is 0.875. The van der Waals surface area contributed by atoms with Crippen molar-refractivity contribution in [1.82, 2.24) is 4.90 Å². The summed E-state index contributed by atoms with van der Waals surface area (Å²) in [7, 11) is 1.91. The number of rotatable bonds is 2. The van der Waals surface area contributed by atoms with Crippen LogP contribution in [0, 0.1) is 0 Å². The number of carbonyl (C=O) groups excluding carboxylic acids is 1. The second-order valence-corrected chi connectivity index (χ2v) is 2.94. The fourth-order valence-electron chi connectivity index (χ4n) is 1.23. The van der Waals surface area contributed by atoms with E-state index in [1.807, 2.05) is 18.9 Å². The Balaban J connectivity index is 2.31. The third-order valence-corrected chi connectivity index (χ3v) is 2.32. The van der Waals surface area contributed by atoms with Gasteiger partial charge in [0.1, 0.15) is 0 Å². The zero-order chi connectivity index (χ0) is 7.56. The smallest absolute Gasteiger partial charge is 0.222 e. The van der Waals surface area contributed by atoms with E-state index in [0.29, 0.717) is 12.5 Å². The van der Waals surface area contributed by atoms with Gasteiger partial charge in [-0.05, 0) is 19.3 Å². The van der Waals surface area contributed by atoms with Crippen molar-refractivity contribution in [1.29, 1.82) is 0 Å². The van der Waals surface area contributed by atoms with Crippen LogP contribution in [0.1, 0.15) is 32.6 Å². The Hall–Kier alpha value is -0.530. The monoisotopic (exact) mass is 141 g/mol. The molecule has 1 fully saturated rings. The number of hydrogen-bond acceptors (Lipinski definition) is 1. The van der Waals surface area contributed by atoms with Gasteiger partial charge in [-0.15, -0.1) is 0 Å². The van der Waals surface area contributed by atoms with E-state index in [4.69, 9.17) is 0 Å². The molecule has 0 spiro atoms. The standard InChI is InChI=1S/C8H15NO/c1-3-8(10)9(2)7-5-4-6-7/h7H,3-6H2,1-2H3. The van der Waals surface area contributed by atoms with Gasteiger partial charge in [-0.2, -0.15) is 0 Å². The second-order valence-electron chi connectivity index (χ2n) is 2.94.